The first-order chi connectivity index (χ1) is 13.6. The third-order valence-electron chi connectivity index (χ3n) is 5.03. The molecule has 1 N–H and O–H groups in total. The third-order valence-corrected chi connectivity index (χ3v) is 7.21. The van der Waals surface area contributed by atoms with Crippen molar-refractivity contribution in [2.24, 2.45) is 0 Å². The van der Waals surface area contributed by atoms with E-state index in [0.29, 0.717) is 16.5 Å². The van der Waals surface area contributed by atoms with Crippen LogP contribution in [0.1, 0.15) is 65.1 Å². The van der Waals surface area contributed by atoms with Gasteiger partial charge in [0.2, 0.25) is 5.91 Å². The van der Waals surface area contributed by atoms with Gasteiger partial charge in [-0.1, -0.05) is 18.7 Å². The summed E-state index contributed by atoms with van der Waals surface area (Å²) in [5, 5.41) is 13.0. The molecule has 4 rings (SSSR count). The predicted octanol–water partition coefficient (Wildman–Crippen LogP) is 3.63. The highest BCUT2D eigenvalue weighted by Gasteiger charge is 2.31. The third kappa shape index (κ3) is 3.82. The highest BCUT2D eigenvalue weighted by Crippen LogP contribution is 2.41. The number of nitrogens with one attached hydrogen (secondary N) is 1. The Labute approximate surface area is 172 Å². The predicted molar refractivity (Wildman–Crippen MR) is 109 cm³/mol. The molecule has 1 amide bonds. The molecule has 2 aliphatic rings. The first-order valence-corrected chi connectivity index (χ1v) is 11.5. The summed E-state index contributed by atoms with van der Waals surface area (Å²) in [6.07, 6.45) is 6.22. The number of thioether (sulfide) groups is 1. The summed E-state index contributed by atoms with van der Waals surface area (Å²) in [5.74, 6) is 1.29. The fraction of sp³-hybridized carbons (Fsp3) is 0.579. The lowest BCUT2D eigenvalue weighted by molar-refractivity contribution is -0.113. The standard InChI is InChI=1S/C19H24N4O3S2/c1-3-9-23-16(11-7-8-11)21-22-19(23)27-10-14(24)20-17-15(18(25)26-2)12-5-4-6-13(12)28-17/h11H,3-10H2,1-2H3,(H,20,24). The molecular weight excluding hydrogens is 396 g/mol. The van der Waals surface area contributed by atoms with Crippen molar-refractivity contribution in [2.75, 3.05) is 18.2 Å². The largest absolute Gasteiger partial charge is 0.465 e. The van der Waals surface area contributed by atoms with E-state index in [2.05, 4.69) is 27.0 Å². The maximum Gasteiger partial charge on any atom is 0.341 e. The molecule has 2 aromatic heterocycles. The van der Waals surface area contributed by atoms with Crippen LogP contribution in [0.15, 0.2) is 5.16 Å². The molecule has 0 unspecified atom stereocenters. The molecule has 0 atom stereocenters. The Balaban J connectivity index is 1.44. The number of thiophene rings is 1. The summed E-state index contributed by atoms with van der Waals surface area (Å²) in [5.41, 5.74) is 1.57. The number of rotatable bonds is 8. The van der Waals surface area contributed by atoms with Gasteiger partial charge in [0.05, 0.1) is 18.4 Å². The number of aromatic nitrogens is 3. The smallest absolute Gasteiger partial charge is 0.341 e. The number of nitrogens with zero attached hydrogens (tertiary/aromatic N) is 3. The summed E-state index contributed by atoms with van der Waals surface area (Å²) in [6.45, 7) is 3.00. The number of fused-ring (bicyclic) bond motifs is 1. The van der Waals surface area contributed by atoms with Gasteiger partial charge < -0.3 is 14.6 Å². The van der Waals surface area contributed by atoms with Gasteiger partial charge in [0.25, 0.3) is 0 Å². The molecule has 0 radical (unpaired) electrons. The minimum absolute atomic E-state index is 0.144. The van der Waals surface area contributed by atoms with E-state index in [0.717, 1.165) is 48.8 Å². The quantitative estimate of drug-likeness (QED) is 0.518. The van der Waals surface area contributed by atoms with Crippen molar-refractivity contribution in [3.8, 4) is 0 Å². The van der Waals surface area contributed by atoms with Crippen LogP contribution in [0, 0.1) is 0 Å². The second-order valence-electron chi connectivity index (χ2n) is 7.16. The first kappa shape index (κ1) is 19.4. The van der Waals surface area contributed by atoms with Crippen LogP contribution in [-0.2, 0) is 28.9 Å². The van der Waals surface area contributed by atoms with Crippen LogP contribution in [0.3, 0.4) is 0 Å². The van der Waals surface area contributed by atoms with Gasteiger partial charge in [-0.15, -0.1) is 21.5 Å². The van der Waals surface area contributed by atoms with E-state index in [1.807, 2.05) is 0 Å². The molecule has 0 saturated heterocycles. The second-order valence-corrected chi connectivity index (χ2v) is 9.20. The Morgan fingerprint density at radius 1 is 1.32 bits per heavy atom. The van der Waals surface area contributed by atoms with E-state index >= 15 is 0 Å². The fourth-order valence-electron chi connectivity index (χ4n) is 3.59. The fourth-order valence-corrected chi connectivity index (χ4v) is 5.65. The SMILES string of the molecule is CCCn1c(SCC(=O)Nc2sc3c(c2C(=O)OC)CCC3)nnc1C1CC1. The highest BCUT2D eigenvalue weighted by molar-refractivity contribution is 7.99. The van der Waals surface area contributed by atoms with Gasteiger partial charge >= 0.3 is 5.97 Å². The molecule has 1 fully saturated rings. The normalized spacial score (nSPS) is 15.5. The Morgan fingerprint density at radius 2 is 2.14 bits per heavy atom. The number of hydrogen-bond donors (Lipinski definition) is 1. The molecule has 0 bridgehead atoms. The van der Waals surface area contributed by atoms with Crippen LogP contribution in [0.5, 0.6) is 0 Å². The topological polar surface area (TPSA) is 86.1 Å². The van der Waals surface area contributed by atoms with Gasteiger partial charge in [0.15, 0.2) is 5.16 Å². The first-order valence-electron chi connectivity index (χ1n) is 9.71. The molecule has 0 aliphatic heterocycles. The summed E-state index contributed by atoms with van der Waals surface area (Å²) >= 11 is 2.89. The summed E-state index contributed by atoms with van der Waals surface area (Å²) in [4.78, 5) is 26.0. The Morgan fingerprint density at radius 3 is 2.86 bits per heavy atom. The lowest BCUT2D eigenvalue weighted by Crippen LogP contribution is -2.16. The monoisotopic (exact) mass is 420 g/mol. The zero-order valence-corrected chi connectivity index (χ0v) is 17.8. The van der Waals surface area contributed by atoms with E-state index in [1.165, 1.54) is 47.9 Å². The molecule has 2 aliphatic carbocycles. The van der Waals surface area contributed by atoms with Crippen molar-refractivity contribution in [3.05, 3.63) is 21.8 Å². The molecule has 7 nitrogen and oxygen atoms in total. The van der Waals surface area contributed by atoms with E-state index in [1.54, 1.807) is 0 Å². The number of anilines is 1. The van der Waals surface area contributed by atoms with Crippen LogP contribution in [0.25, 0.3) is 0 Å². The Kier molecular flexibility index (Phi) is 5.73. The van der Waals surface area contributed by atoms with Crippen LogP contribution in [0.4, 0.5) is 5.00 Å². The van der Waals surface area contributed by atoms with Crippen molar-refractivity contribution >= 4 is 40.0 Å². The maximum atomic E-state index is 12.6. The molecule has 2 heterocycles. The summed E-state index contributed by atoms with van der Waals surface area (Å²) < 4.78 is 7.08. The zero-order chi connectivity index (χ0) is 19.7. The van der Waals surface area contributed by atoms with E-state index < -0.39 is 0 Å². The molecule has 0 spiro atoms. The number of aryl methyl sites for hydroxylation is 1. The summed E-state index contributed by atoms with van der Waals surface area (Å²) in [7, 11) is 1.38. The maximum absolute atomic E-state index is 12.6. The van der Waals surface area contributed by atoms with Crippen LogP contribution < -0.4 is 5.32 Å². The summed E-state index contributed by atoms with van der Waals surface area (Å²) in [6, 6.07) is 0. The molecule has 28 heavy (non-hydrogen) atoms. The van der Waals surface area contributed by atoms with E-state index in [-0.39, 0.29) is 17.6 Å². The molecule has 9 heteroatoms. The minimum Gasteiger partial charge on any atom is -0.465 e. The van der Waals surface area contributed by atoms with E-state index in [9.17, 15) is 9.59 Å². The number of ether oxygens (including phenoxy) is 1. The average Bonchev–Trinajstić information content (AvgIpc) is 3.14. The number of carbonyl (C=O) groups is 2. The van der Waals surface area contributed by atoms with Gasteiger partial charge in [0.1, 0.15) is 10.8 Å². The lowest BCUT2D eigenvalue weighted by Gasteiger charge is -2.09. The zero-order valence-electron chi connectivity index (χ0n) is 16.1. The lowest BCUT2D eigenvalue weighted by atomic mass is 10.1. The number of hydrogen-bond acceptors (Lipinski definition) is 7. The van der Waals surface area contributed by atoms with E-state index in [4.69, 9.17) is 4.74 Å². The van der Waals surface area contributed by atoms with Crippen molar-refractivity contribution in [1.82, 2.24) is 14.8 Å². The highest BCUT2D eigenvalue weighted by atomic mass is 32.2. The minimum atomic E-state index is -0.376. The molecular formula is C19H24N4O3S2. The van der Waals surface area contributed by atoms with Crippen molar-refractivity contribution < 1.29 is 14.3 Å². The van der Waals surface area contributed by atoms with Crippen LogP contribution >= 0.6 is 23.1 Å². The number of esters is 1. The van der Waals surface area contributed by atoms with Crippen LogP contribution in [0.2, 0.25) is 0 Å². The van der Waals surface area contributed by atoms with Crippen molar-refractivity contribution in [1.29, 1.82) is 0 Å². The average molecular weight is 421 g/mol. The Bertz CT molecular complexity index is 901. The second kappa shape index (κ2) is 8.24. The molecule has 0 aromatic carbocycles. The van der Waals surface area contributed by atoms with Gasteiger partial charge in [-0.05, 0) is 44.1 Å². The number of methoxy groups -OCH3 is 1. The van der Waals surface area contributed by atoms with Gasteiger partial charge in [-0.3, -0.25) is 4.79 Å². The van der Waals surface area contributed by atoms with Gasteiger partial charge in [0, 0.05) is 17.3 Å². The van der Waals surface area contributed by atoms with Crippen molar-refractivity contribution in [3.63, 3.8) is 0 Å². The van der Waals surface area contributed by atoms with Crippen LogP contribution in [-0.4, -0.2) is 39.5 Å². The number of amides is 1. The Hall–Kier alpha value is -1.87. The van der Waals surface area contributed by atoms with Gasteiger partial charge in [-0.25, -0.2) is 4.79 Å². The van der Waals surface area contributed by atoms with Crippen molar-refractivity contribution in [2.45, 2.75) is 63.1 Å². The number of carbonyl (C=O) groups excluding carboxylic acids is 2. The molecule has 1 saturated carbocycles. The molecule has 150 valence electrons. The molecule has 2 aromatic rings. The van der Waals surface area contributed by atoms with Gasteiger partial charge in [-0.2, -0.15) is 0 Å².